The average Bonchev–Trinajstić information content (AvgIpc) is 3.21. The number of aromatic amines is 1. The Hall–Kier alpha value is -2.76. The van der Waals surface area contributed by atoms with Crippen molar-refractivity contribution in [3.05, 3.63) is 53.3 Å². The lowest BCUT2D eigenvalue weighted by Gasteiger charge is -2.35. The zero-order valence-electron chi connectivity index (χ0n) is 15.5. The number of amides is 2. The van der Waals surface area contributed by atoms with E-state index in [1.807, 2.05) is 18.2 Å². The van der Waals surface area contributed by atoms with Gasteiger partial charge in [0.2, 0.25) is 0 Å². The highest BCUT2D eigenvalue weighted by molar-refractivity contribution is 5.97. The molecule has 1 aromatic heterocycles. The van der Waals surface area contributed by atoms with E-state index in [0.29, 0.717) is 49.1 Å². The molecule has 0 saturated carbocycles. The molecule has 1 aromatic carbocycles. The van der Waals surface area contributed by atoms with Crippen LogP contribution in [-0.4, -0.2) is 59.9 Å². The lowest BCUT2D eigenvalue weighted by molar-refractivity contribution is 0.0531. The number of carbonyl (C=O) groups is 2. The van der Waals surface area contributed by atoms with Gasteiger partial charge in [0.25, 0.3) is 11.8 Å². The largest absolute Gasteiger partial charge is 0.496 e. The van der Waals surface area contributed by atoms with Gasteiger partial charge in [-0.25, -0.2) is 0 Å². The van der Waals surface area contributed by atoms with Gasteiger partial charge < -0.3 is 19.5 Å². The first-order valence-electron chi connectivity index (χ1n) is 8.91. The topological polar surface area (TPSA) is 65.6 Å². The van der Waals surface area contributed by atoms with Crippen LogP contribution >= 0.6 is 0 Å². The van der Waals surface area contributed by atoms with Gasteiger partial charge in [0, 0.05) is 32.4 Å². The summed E-state index contributed by atoms with van der Waals surface area (Å²) in [7, 11) is 1.58. The van der Waals surface area contributed by atoms with Crippen LogP contribution in [0.2, 0.25) is 0 Å². The number of nitrogens with zero attached hydrogens (tertiary/aromatic N) is 2. The molecule has 26 heavy (non-hydrogen) atoms. The summed E-state index contributed by atoms with van der Waals surface area (Å²) in [5.74, 6) is 0.852. The van der Waals surface area contributed by atoms with Crippen molar-refractivity contribution in [2.45, 2.75) is 19.8 Å². The lowest BCUT2D eigenvalue weighted by Crippen LogP contribution is -2.50. The number of nitrogens with one attached hydrogen (secondary N) is 1. The van der Waals surface area contributed by atoms with Crippen molar-refractivity contribution in [3.8, 4) is 5.75 Å². The van der Waals surface area contributed by atoms with E-state index >= 15 is 0 Å². The molecule has 1 fully saturated rings. The summed E-state index contributed by atoms with van der Waals surface area (Å²) >= 11 is 0. The molecular weight excluding hydrogens is 330 g/mol. The average molecular weight is 355 g/mol. The number of methoxy groups -OCH3 is 1. The van der Waals surface area contributed by atoms with Crippen molar-refractivity contribution >= 4 is 11.8 Å². The van der Waals surface area contributed by atoms with Crippen molar-refractivity contribution in [1.29, 1.82) is 0 Å². The summed E-state index contributed by atoms with van der Waals surface area (Å²) in [5.41, 5.74) is 2.27. The highest BCUT2D eigenvalue weighted by Crippen LogP contribution is 2.26. The minimum Gasteiger partial charge on any atom is -0.496 e. The molecule has 0 aliphatic carbocycles. The maximum absolute atomic E-state index is 13.0. The summed E-state index contributed by atoms with van der Waals surface area (Å²) < 4.78 is 5.38. The number of aromatic nitrogens is 1. The monoisotopic (exact) mass is 355 g/mol. The van der Waals surface area contributed by atoms with E-state index in [-0.39, 0.29) is 11.8 Å². The number of carbonyl (C=O) groups excluding carboxylic acids is 2. The second kappa shape index (κ2) is 7.64. The quantitative estimate of drug-likeness (QED) is 0.917. The molecule has 0 unspecified atom stereocenters. The van der Waals surface area contributed by atoms with Crippen molar-refractivity contribution in [3.63, 3.8) is 0 Å². The van der Waals surface area contributed by atoms with Crippen molar-refractivity contribution < 1.29 is 14.3 Å². The van der Waals surface area contributed by atoms with Gasteiger partial charge in [-0.05, 0) is 35.7 Å². The second-order valence-electron chi connectivity index (χ2n) is 6.78. The Morgan fingerprint density at radius 3 is 2.23 bits per heavy atom. The third kappa shape index (κ3) is 3.59. The molecule has 6 heteroatoms. The Labute approximate surface area is 153 Å². The summed E-state index contributed by atoms with van der Waals surface area (Å²) in [6.07, 6.45) is 1.74. The van der Waals surface area contributed by atoms with Gasteiger partial charge in [-0.3, -0.25) is 9.59 Å². The molecular formula is C20H25N3O3. The lowest BCUT2D eigenvalue weighted by atomic mass is 9.99. The SMILES string of the molecule is COc1ccc(C(C)C)cc1C(=O)N1CCN(C(=O)c2ccc[nH]2)CC1. The maximum atomic E-state index is 13.0. The minimum absolute atomic E-state index is 0.0264. The molecule has 2 aromatic rings. The number of H-pyrrole nitrogens is 1. The zero-order valence-corrected chi connectivity index (χ0v) is 15.5. The van der Waals surface area contributed by atoms with Gasteiger partial charge in [0.15, 0.2) is 0 Å². The van der Waals surface area contributed by atoms with Gasteiger partial charge in [0.1, 0.15) is 11.4 Å². The van der Waals surface area contributed by atoms with Crippen LogP contribution in [0.15, 0.2) is 36.5 Å². The van der Waals surface area contributed by atoms with Gasteiger partial charge in [-0.15, -0.1) is 0 Å². The molecule has 1 saturated heterocycles. The Bertz CT molecular complexity index is 776. The van der Waals surface area contributed by atoms with Crippen LogP contribution in [0.1, 0.15) is 46.2 Å². The molecule has 3 rings (SSSR count). The van der Waals surface area contributed by atoms with Crippen LogP contribution in [0.25, 0.3) is 0 Å². The molecule has 6 nitrogen and oxygen atoms in total. The van der Waals surface area contributed by atoms with E-state index < -0.39 is 0 Å². The maximum Gasteiger partial charge on any atom is 0.270 e. The van der Waals surface area contributed by atoms with Crippen LogP contribution in [0.5, 0.6) is 5.75 Å². The van der Waals surface area contributed by atoms with Gasteiger partial charge in [0.05, 0.1) is 12.7 Å². The summed E-state index contributed by atoms with van der Waals surface area (Å²) in [5, 5.41) is 0. The molecule has 0 spiro atoms. The predicted octanol–water partition coefficient (Wildman–Crippen LogP) is 2.74. The molecule has 0 atom stereocenters. The fourth-order valence-electron chi connectivity index (χ4n) is 3.17. The normalized spacial score (nSPS) is 14.6. The standard InChI is InChI=1S/C20H25N3O3/c1-14(2)15-6-7-18(26-3)16(13-15)19(24)22-9-11-23(12-10-22)20(25)17-5-4-8-21-17/h4-8,13-14,21H,9-12H2,1-3H3. The van der Waals surface area contributed by atoms with Crippen LogP contribution < -0.4 is 4.74 Å². The molecule has 138 valence electrons. The highest BCUT2D eigenvalue weighted by Gasteiger charge is 2.27. The number of ether oxygens (including phenoxy) is 1. The predicted molar refractivity (Wildman–Crippen MR) is 99.7 cm³/mol. The van der Waals surface area contributed by atoms with Crippen molar-refractivity contribution in [1.82, 2.24) is 14.8 Å². The first kappa shape index (κ1) is 18.0. The Balaban J connectivity index is 1.70. The van der Waals surface area contributed by atoms with Crippen LogP contribution in [0, 0.1) is 0 Å². The number of piperazine rings is 1. The van der Waals surface area contributed by atoms with Crippen LogP contribution in [0.3, 0.4) is 0 Å². The fraction of sp³-hybridized carbons (Fsp3) is 0.400. The van der Waals surface area contributed by atoms with Crippen molar-refractivity contribution in [2.75, 3.05) is 33.3 Å². The van der Waals surface area contributed by atoms with E-state index in [1.54, 1.807) is 35.2 Å². The molecule has 1 N–H and O–H groups in total. The van der Waals surface area contributed by atoms with Gasteiger partial charge >= 0.3 is 0 Å². The third-order valence-corrected chi connectivity index (χ3v) is 4.80. The number of hydrogen-bond donors (Lipinski definition) is 1. The Morgan fingerprint density at radius 1 is 1.04 bits per heavy atom. The van der Waals surface area contributed by atoms with E-state index in [9.17, 15) is 9.59 Å². The number of hydrogen-bond acceptors (Lipinski definition) is 3. The zero-order chi connectivity index (χ0) is 18.7. The van der Waals surface area contributed by atoms with Crippen molar-refractivity contribution in [2.24, 2.45) is 0 Å². The van der Waals surface area contributed by atoms with Gasteiger partial charge in [-0.2, -0.15) is 0 Å². The molecule has 1 aliphatic heterocycles. The fourth-order valence-corrected chi connectivity index (χ4v) is 3.17. The van der Waals surface area contributed by atoms with Crippen LogP contribution in [0.4, 0.5) is 0 Å². The first-order valence-corrected chi connectivity index (χ1v) is 8.91. The van der Waals surface area contributed by atoms with E-state index in [4.69, 9.17) is 4.74 Å². The molecule has 2 amide bonds. The van der Waals surface area contributed by atoms with Gasteiger partial charge in [-0.1, -0.05) is 19.9 Å². The number of rotatable bonds is 4. The molecule has 0 bridgehead atoms. The smallest absolute Gasteiger partial charge is 0.270 e. The van der Waals surface area contributed by atoms with E-state index in [2.05, 4.69) is 18.8 Å². The Morgan fingerprint density at radius 2 is 1.69 bits per heavy atom. The summed E-state index contributed by atoms with van der Waals surface area (Å²) in [6.45, 7) is 6.27. The molecule has 2 heterocycles. The third-order valence-electron chi connectivity index (χ3n) is 4.80. The van der Waals surface area contributed by atoms with Crippen LogP contribution in [-0.2, 0) is 0 Å². The molecule has 1 aliphatic rings. The molecule has 0 radical (unpaired) electrons. The first-order chi connectivity index (χ1) is 12.5. The second-order valence-corrected chi connectivity index (χ2v) is 6.78. The summed E-state index contributed by atoms with van der Waals surface area (Å²) in [4.78, 5) is 31.9. The van der Waals surface area contributed by atoms with E-state index in [0.717, 1.165) is 5.56 Å². The highest BCUT2D eigenvalue weighted by atomic mass is 16.5. The Kier molecular flexibility index (Phi) is 5.30. The minimum atomic E-state index is -0.0451. The number of benzene rings is 1. The summed E-state index contributed by atoms with van der Waals surface area (Å²) in [6, 6.07) is 9.34. The van der Waals surface area contributed by atoms with E-state index in [1.165, 1.54) is 0 Å².